The number of aromatic amines is 1. The van der Waals surface area contributed by atoms with Crippen molar-refractivity contribution >= 4 is 17.7 Å². The highest BCUT2D eigenvalue weighted by Gasteiger charge is 2.17. The van der Waals surface area contributed by atoms with Crippen LogP contribution < -0.4 is 5.32 Å². The van der Waals surface area contributed by atoms with E-state index in [9.17, 15) is 9.90 Å². The molecule has 2 unspecified atom stereocenters. The topological polar surface area (TPSA) is 74.4 Å². The Morgan fingerprint density at radius 2 is 2.39 bits per heavy atom. The predicted octanol–water partition coefficient (Wildman–Crippen LogP) is 1.00. The van der Waals surface area contributed by atoms with Gasteiger partial charge in [0.15, 0.2) is 0 Å². The number of aliphatic hydroxyl groups is 1. The standard InChI is InChI=1S/C12H20N2O3S/c1-8(11(7-15)18-3)14-6-10-9(4-5-13-10)12(16)17-2/h4-5,8,11,13-15H,6-7H2,1-3H3. The van der Waals surface area contributed by atoms with Crippen molar-refractivity contribution in [2.75, 3.05) is 20.0 Å². The summed E-state index contributed by atoms with van der Waals surface area (Å²) in [5, 5.41) is 12.6. The molecule has 0 amide bonds. The molecule has 0 aliphatic carbocycles. The average molecular weight is 272 g/mol. The molecule has 0 fully saturated rings. The summed E-state index contributed by atoms with van der Waals surface area (Å²) in [6, 6.07) is 1.85. The second-order valence-corrected chi connectivity index (χ2v) is 5.06. The third-order valence-electron chi connectivity index (χ3n) is 2.88. The number of hydrogen-bond donors (Lipinski definition) is 3. The number of rotatable bonds is 7. The maximum atomic E-state index is 11.5. The highest BCUT2D eigenvalue weighted by atomic mass is 32.2. The lowest BCUT2D eigenvalue weighted by Crippen LogP contribution is -2.37. The fourth-order valence-electron chi connectivity index (χ4n) is 1.68. The van der Waals surface area contributed by atoms with E-state index in [1.54, 1.807) is 24.0 Å². The SMILES string of the molecule is COC(=O)c1cc[nH]c1CNC(C)C(CO)SC. The van der Waals surface area contributed by atoms with Crippen LogP contribution in [0.25, 0.3) is 0 Å². The van der Waals surface area contributed by atoms with Gasteiger partial charge in [-0.2, -0.15) is 11.8 Å². The molecule has 1 aromatic rings. The third-order valence-corrected chi connectivity index (χ3v) is 4.04. The number of hydrogen-bond acceptors (Lipinski definition) is 5. The first-order valence-corrected chi connectivity index (χ1v) is 7.04. The van der Waals surface area contributed by atoms with Gasteiger partial charge in [-0.25, -0.2) is 4.79 Å². The van der Waals surface area contributed by atoms with E-state index in [2.05, 4.69) is 10.3 Å². The number of carbonyl (C=O) groups excluding carboxylic acids is 1. The summed E-state index contributed by atoms with van der Waals surface area (Å²) in [5.74, 6) is -0.343. The summed E-state index contributed by atoms with van der Waals surface area (Å²) in [6.45, 7) is 2.68. The lowest BCUT2D eigenvalue weighted by atomic mass is 10.2. The van der Waals surface area contributed by atoms with Gasteiger partial charge in [-0.3, -0.25) is 0 Å². The summed E-state index contributed by atoms with van der Waals surface area (Å²) in [5.41, 5.74) is 1.34. The lowest BCUT2D eigenvalue weighted by Gasteiger charge is -2.21. The Morgan fingerprint density at radius 3 is 2.94 bits per heavy atom. The van der Waals surface area contributed by atoms with Crippen LogP contribution in [0.1, 0.15) is 23.0 Å². The van der Waals surface area contributed by atoms with Gasteiger partial charge in [-0.05, 0) is 19.2 Å². The Hall–Kier alpha value is -0.980. The highest BCUT2D eigenvalue weighted by Crippen LogP contribution is 2.12. The molecule has 5 nitrogen and oxygen atoms in total. The van der Waals surface area contributed by atoms with Gasteiger partial charge in [0.1, 0.15) is 0 Å². The largest absolute Gasteiger partial charge is 0.465 e. The Labute approximate surface area is 111 Å². The second kappa shape index (κ2) is 7.45. The summed E-state index contributed by atoms with van der Waals surface area (Å²) in [4.78, 5) is 14.5. The third kappa shape index (κ3) is 3.76. The molecular weight excluding hydrogens is 252 g/mol. The van der Waals surface area contributed by atoms with E-state index in [1.165, 1.54) is 7.11 Å². The normalized spacial score (nSPS) is 14.2. The number of thioether (sulfide) groups is 1. The van der Waals surface area contributed by atoms with Gasteiger partial charge >= 0.3 is 5.97 Å². The minimum absolute atomic E-state index is 0.129. The van der Waals surface area contributed by atoms with Crippen molar-refractivity contribution in [3.8, 4) is 0 Å². The first-order valence-electron chi connectivity index (χ1n) is 5.75. The molecule has 1 rings (SSSR count). The maximum Gasteiger partial charge on any atom is 0.339 e. The van der Waals surface area contributed by atoms with Crippen LogP contribution >= 0.6 is 11.8 Å². The first kappa shape index (κ1) is 15.1. The van der Waals surface area contributed by atoms with E-state index < -0.39 is 0 Å². The minimum atomic E-state index is -0.343. The van der Waals surface area contributed by atoms with Crippen LogP contribution in [0.15, 0.2) is 12.3 Å². The zero-order chi connectivity index (χ0) is 13.5. The fraction of sp³-hybridized carbons (Fsp3) is 0.583. The van der Waals surface area contributed by atoms with Crippen LogP contribution in [0, 0.1) is 0 Å². The molecule has 0 saturated carbocycles. The maximum absolute atomic E-state index is 11.5. The Balaban J connectivity index is 2.58. The van der Waals surface area contributed by atoms with Crippen molar-refractivity contribution in [2.45, 2.75) is 24.8 Å². The molecule has 0 aliphatic rings. The lowest BCUT2D eigenvalue weighted by molar-refractivity contribution is 0.0599. The zero-order valence-corrected chi connectivity index (χ0v) is 11.7. The molecule has 2 atom stereocenters. The highest BCUT2D eigenvalue weighted by molar-refractivity contribution is 7.99. The molecule has 6 heteroatoms. The summed E-state index contributed by atoms with van der Waals surface area (Å²) in [6.07, 6.45) is 3.68. The van der Waals surface area contributed by atoms with Gasteiger partial charge in [-0.1, -0.05) is 0 Å². The van der Waals surface area contributed by atoms with Crippen molar-refractivity contribution in [1.29, 1.82) is 0 Å². The van der Waals surface area contributed by atoms with Gasteiger partial charge in [0, 0.05) is 29.7 Å². The van der Waals surface area contributed by atoms with Crippen LogP contribution in [0.2, 0.25) is 0 Å². The molecular formula is C12H20N2O3S. The zero-order valence-electron chi connectivity index (χ0n) is 10.9. The molecule has 0 bridgehead atoms. The van der Waals surface area contributed by atoms with Crippen LogP contribution in [-0.4, -0.2) is 47.3 Å². The molecule has 1 aromatic heterocycles. The number of aromatic nitrogens is 1. The average Bonchev–Trinajstić information content (AvgIpc) is 2.85. The molecule has 0 spiro atoms. The van der Waals surface area contributed by atoms with E-state index in [-0.39, 0.29) is 23.9 Å². The van der Waals surface area contributed by atoms with E-state index in [0.717, 1.165) is 5.69 Å². The Morgan fingerprint density at radius 1 is 1.67 bits per heavy atom. The van der Waals surface area contributed by atoms with Crippen LogP contribution in [-0.2, 0) is 11.3 Å². The van der Waals surface area contributed by atoms with Gasteiger partial charge < -0.3 is 20.1 Å². The predicted molar refractivity (Wildman–Crippen MR) is 72.8 cm³/mol. The second-order valence-electron chi connectivity index (χ2n) is 3.99. The molecule has 102 valence electrons. The number of carbonyl (C=O) groups is 1. The van der Waals surface area contributed by atoms with Crippen LogP contribution in [0.5, 0.6) is 0 Å². The Kier molecular flexibility index (Phi) is 6.24. The fourth-order valence-corrected chi connectivity index (χ4v) is 2.34. The summed E-state index contributed by atoms with van der Waals surface area (Å²) >= 11 is 1.62. The Bertz CT molecular complexity index is 377. The van der Waals surface area contributed by atoms with Gasteiger partial charge in [0.2, 0.25) is 0 Å². The van der Waals surface area contributed by atoms with Gasteiger partial charge in [0.05, 0.1) is 19.3 Å². The first-order chi connectivity index (χ1) is 8.63. The molecule has 1 heterocycles. The molecule has 0 radical (unpaired) electrons. The number of esters is 1. The number of aliphatic hydroxyl groups excluding tert-OH is 1. The monoisotopic (exact) mass is 272 g/mol. The van der Waals surface area contributed by atoms with E-state index in [0.29, 0.717) is 12.1 Å². The van der Waals surface area contributed by atoms with Gasteiger partial charge in [0.25, 0.3) is 0 Å². The number of methoxy groups -OCH3 is 1. The van der Waals surface area contributed by atoms with Crippen molar-refractivity contribution < 1.29 is 14.6 Å². The van der Waals surface area contributed by atoms with Crippen molar-refractivity contribution in [2.24, 2.45) is 0 Å². The van der Waals surface area contributed by atoms with Crippen LogP contribution in [0.3, 0.4) is 0 Å². The van der Waals surface area contributed by atoms with Crippen molar-refractivity contribution in [3.05, 3.63) is 23.5 Å². The van der Waals surface area contributed by atoms with Crippen molar-refractivity contribution in [1.82, 2.24) is 10.3 Å². The number of ether oxygens (including phenoxy) is 1. The molecule has 0 aromatic carbocycles. The van der Waals surface area contributed by atoms with E-state index >= 15 is 0 Å². The van der Waals surface area contributed by atoms with E-state index in [1.807, 2.05) is 13.2 Å². The summed E-state index contributed by atoms with van der Waals surface area (Å²) in [7, 11) is 1.37. The number of nitrogens with one attached hydrogen (secondary N) is 2. The molecule has 18 heavy (non-hydrogen) atoms. The molecule has 0 saturated heterocycles. The van der Waals surface area contributed by atoms with E-state index in [4.69, 9.17) is 4.74 Å². The summed E-state index contributed by atoms with van der Waals surface area (Å²) < 4.78 is 4.70. The smallest absolute Gasteiger partial charge is 0.339 e. The number of H-pyrrole nitrogens is 1. The van der Waals surface area contributed by atoms with Gasteiger partial charge in [-0.15, -0.1) is 0 Å². The minimum Gasteiger partial charge on any atom is -0.465 e. The van der Waals surface area contributed by atoms with Crippen LogP contribution in [0.4, 0.5) is 0 Å². The molecule has 3 N–H and O–H groups in total. The van der Waals surface area contributed by atoms with Crippen molar-refractivity contribution in [3.63, 3.8) is 0 Å². The molecule has 0 aliphatic heterocycles. The quantitative estimate of drug-likeness (QED) is 0.646.